The van der Waals surface area contributed by atoms with Crippen molar-refractivity contribution < 1.29 is 0 Å². The smallest absolute Gasteiger partial charge is 0.0754 e. The highest BCUT2D eigenvalue weighted by molar-refractivity contribution is 6.98. The minimum absolute atomic E-state index is 1.29. The summed E-state index contributed by atoms with van der Waals surface area (Å²) in [6.45, 7) is 10.1. The number of unbranched alkanes of at least 4 members (excludes halogenated alkanes) is 1. The molecule has 0 amide bonds. The van der Waals surface area contributed by atoms with Crippen LogP contribution >= 0.6 is 0 Å². The van der Waals surface area contributed by atoms with Crippen molar-refractivity contribution in [1.82, 2.24) is 0 Å². The van der Waals surface area contributed by atoms with Gasteiger partial charge in [0.25, 0.3) is 0 Å². The second-order valence-corrected chi connectivity index (χ2v) is 17.8. The lowest BCUT2D eigenvalue weighted by atomic mass is 10.1. The summed E-state index contributed by atoms with van der Waals surface area (Å²) in [5.41, 5.74) is 2.98. The van der Waals surface area contributed by atoms with Gasteiger partial charge in [-0.3, -0.25) is 0 Å². The van der Waals surface area contributed by atoms with Crippen LogP contribution in [0.15, 0.2) is 58.9 Å². The van der Waals surface area contributed by atoms with Gasteiger partial charge in [0.2, 0.25) is 0 Å². The number of allylic oxidation sites excluding steroid dienone is 2. The predicted octanol–water partition coefficient (Wildman–Crippen LogP) is 5.65. The van der Waals surface area contributed by atoms with Crippen molar-refractivity contribution in [1.29, 1.82) is 0 Å². The first kappa shape index (κ1) is 17.8. The Balaban J connectivity index is 1.38. The molecule has 0 radical (unpaired) electrons. The lowest BCUT2D eigenvalue weighted by Crippen LogP contribution is -2.41. The van der Waals surface area contributed by atoms with Crippen LogP contribution in [-0.4, -0.2) is 16.1 Å². The Morgan fingerprint density at radius 3 is 1.35 bits per heavy atom. The zero-order chi connectivity index (χ0) is 18.4. The number of rotatable bonds is 5. The van der Waals surface area contributed by atoms with Crippen molar-refractivity contribution in [2.75, 3.05) is 0 Å². The van der Waals surface area contributed by atoms with E-state index in [-0.39, 0.29) is 0 Å². The van der Waals surface area contributed by atoms with Gasteiger partial charge in [0.1, 0.15) is 16.1 Å². The molecule has 0 saturated carbocycles. The van der Waals surface area contributed by atoms with Crippen LogP contribution in [0.5, 0.6) is 0 Å². The molecule has 0 N–H and O–H groups in total. The van der Waals surface area contributed by atoms with Gasteiger partial charge < -0.3 is 0 Å². The van der Waals surface area contributed by atoms with E-state index in [4.69, 9.17) is 0 Å². The minimum atomic E-state index is -1.40. The SMILES string of the molecule is C[Si]1(C)C(CCCCC2=Cc3ccccc3[Si]2(C)C)=Cc2ccccc21. The molecule has 2 heteroatoms. The second kappa shape index (κ2) is 6.51. The Morgan fingerprint density at radius 2 is 0.962 bits per heavy atom. The number of hydrogen-bond donors (Lipinski definition) is 0. The Morgan fingerprint density at radius 1 is 0.577 bits per heavy atom. The molecule has 0 aliphatic carbocycles. The van der Waals surface area contributed by atoms with Crippen LogP contribution in [0.4, 0.5) is 0 Å². The van der Waals surface area contributed by atoms with Crippen molar-refractivity contribution >= 4 is 38.7 Å². The zero-order valence-electron chi connectivity index (χ0n) is 16.6. The molecular weight excluding hydrogens is 344 g/mol. The van der Waals surface area contributed by atoms with Gasteiger partial charge in [-0.2, -0.15) is 0 Å². The van der Waals surface area contributed by atoms with E-state index < -0.39 is 16.1 Å². The molecule has 0 unspecified atom stereocenters. The second-order valence-electron chi connectivity index (χ2n) is 8.97. The van der Waals surface area contributed by atoms with E-state index >= 15 is 0 Å². The maximum absolute atomic E-state index is 2.52. The first-order valence-corrected chi connectivity index (χ1v) is 16.0. The third-order valence-electron chi connectivity index (χ3n) is 6.68. The highest BCUT2D eigenvalue weighted by Gasteiger charge is 2.35. The lowest BCUT2D eigenvalue weighted by Gasteiger charge is -2.24. The van der Waals surface area contributed by atoms with Gasteiger partial charge in [-0.15, -0.1) is 0 Å². The maximum atomic E-state index is 2.52. The van der Waals surface area contributed by atoms with Crippen LogP contribution in [0.25, 0.3) is 12.2 Å². The summed E-state index contributed by atoms with van der Waals surface area (Å²) in [5, 5.41) is 6.77. The van der Waals surface area contributed by atoms with E-state index in [1.54, 1.807) is 20.8 Å². The fourth-order valence-corrected chi connectivity index (χ4v) is 11.0. The van der Waals surface area contributed by atoms with Crippen LogP contribution in [-0.2, 0) is 0 Å². The van der Waals surface area contributed by atoms with Crippen molar-refractivity contribution in [2.24, 2.45) is 0 Å². The molecule has 2 aliphatic heterocycles. The monoisotopic (exact) mass is 374 g/mol. The first-order chi connectivity index (χ1) is 12.4. The topological polar surface area (TPSA) is 0 Å². The van der Waals surface area contributed by atoms with Crippen molar-refractivity contribution in [3.8, 4) is 0 Å². The normalized spacial score (nSPS) is 18.9. The third-order valence-corrected chi connectivity index (χ3v) is 14.3. The molecule has 2 aliphatic rings. The fourth-order valence-electron chi connectivity index (χ4n) is 4.87. The van der Waals surface area contributed by atoms with E-state index in [0.717, 1.165) is 0 Å². The number of fused-ring (bicyclic) bond motifs is 2. The van der Waals surface area contributed by atoms with Crippen molar-refractivity contribution in [3.05, 3.63) is 70.1 Å². The maximum Gasteiger partial charge on any atom is 0.108 e. The third kappa shape index (κ3) is 2.89. The van der Waals surface area contributed by atoms with E-state index in [2.05, 4.69) is 86.9 Å². The Labute approximate surface area is 160 Å². The molecule has 2 aromatic rings. The predicted molar refractivity (Wildman–Crippen MR) is 122 cm³/mol. The fraction of sp³-hybridized carbons (Fsp3) is 0.333. The van der Waals surface area contributed by atoms with Crippen LogP contribution in [0.2, 0.25) is 26.2 Å². The summed E-state index contributed by atoms with van der Waals surface area (Å²) in [5.74, 6) is 0. The van der Waals surface area contributed by atoms with Gasteiger partial charge in [0.05, 0.1) is 0 Å². The summed E-state index contributed by atoms with van der Waals surface area (Å²) >= 11 is 0. The first-order valence-electron chi connectivity index (χ1n) is 10.0. The van der Waals surface area contributed by atoms with Crippen LogP contribution in [0, 0.1) is 0 Å². The average molecular weight is 375 g/mol. The van der Waals surface area contributed by atoms with Gasteiger partial charge in [-0.1, -0.05) is 97.3 Å². The summed E-state index contributed by atoms with van der Waals surface area (Å²) in [4.78, 5) is 0. The van der Waals surface area contributed by atoms with Crippen LogP contribution in [0.1, 0.15) is 36.8 Å². The molecule has 0 aromatic heterocycles. The molecular formula is C24H30Si2. The largest absolute Gasteiger partial charge is 0.108 e. The van der Waals surface area contributed by atoms with Gasteiger partial charge in [-0.25, -0.2) is 0 Å². The average Bonchev–Trinajstić information content (AvgIpc) is 3.03. The molecule has 26 heavy (non-hydrogen) atoms. The van der Waals surface area contributed by atoms with Crippen molar-refractivity contribution in [3.63, 3.8) is 0 Å². The van der Waals surface area contributed by atoms with Gasteiger partial charge >= 0.3 is 0 Å². The molecule has 2 aromatic carbocycles. The summed E-state index contributed by atoms with van der Waals surface area (Å²) < 4.78 is 0. The Hall–Kier alpha value is -1.65. The molecule has 4 rings (SSSR count). The number of hydrogen-bond acceptors (Lipinski definition) is 0. The quantitative estimate of drug-likeness (QED) is 0.468. The Kier molecular flexibility index (Phi) is 4.44. The van der Waals surface area contributed by atoms with Gasteiger partial charge in [-0.05, 0) is 47.2 Å². The lowest BCUT2D eigenvalue weighted by molar-refractivity contribution is 0.750. The molecule has 2 heterocycles. The van der Waals surface area contributed by atoms with E-state index in [9.17, 15) is 0 Å². The van der Waals surface area contributed by atoms with E-state index in [1.807, 2.05) is 0 Å². The van der Waals surface area contributed by atoms with Gasteiger partial charge in [0.15, 0.2) is 0 Å². The molecule has 0 fully saturated rings. The highest BCUT2D eigenvalue weighted by Crippen LogP contribution is 2.33. The molecule has 0 spiro atoms. The highest BCUT2D eigenvalue weighted by atomic mass is 28.3. The standard InChI is InChI=1S/C24H30Si2/c1-25(2)21(17-19-11-5-9-15-23(19)25)13-7-8-14-22-18-20-12-6-10-16-24(20)26(22,3)4/h5-6,9-12,15-18H,7-8,13-14H2,1-4H3. The molecule has 0 bridgehead atoms. The van der Waals surface area contributed by atoms with Crippen molar-refractivity contribution in [2.45, 2.75) is 51.9 Å². The Bertz CT molecular complexity index is 824. The minimum Gasteiger partial charge on any atom is -0.0754 e. The summed E-state index contributed by atoms with van der Waals surface area (Å²) in [6.07, 6.45) is 10.2. The van der Waals surface area contributed by atoms with E-state index in [0.29, 0.717) is 0 Å². The number of benzene rings is 2. The molecule has 0 saturated heterocycles. The van der Waals surface area contributed by atoms with E-state index in [1.165, 1.54) is 36.8 Å². The molecule has 0 atom stereocenters. The summed E-state index contributed by atoms with van der Waals surface area (Å²) in [6, 6.07) is 18.1. The summed E-state index contributed by atoms with van der Waals surface area (Å²) in [7, 11) is -2.79. The van der Waals surface area contributed by atoms with Crippen LogP contribution in [0.3, 0.4) is 0 Å². The van der Waals surface area contributed by atoms with Crippen LogP contribution < -0.4 is 10.4 Å². The molecule has 134 valence electrons. The van der Waals surface area contributed by atoms with Gasteiger partial charge in [0, 0.05) is 0 Å². The zero-order valence-corrected chi connectivity index (χ0v) is 18.6. The molecule has 0 nitrogen and oxygen atoms in total.